The molecule has 0 aromatic carbocycles. The number of imide groups is 1. The van der Waals surface area contributed by atoms with Gasteiger partial charge in [0.15, 0.2) is 0 Å². The highest BCUT2D eigenvalue weighted by molar-refractivity contribution is 5.67. The van der Waals surface area contributed by atoms with Crippen molar-refractivity contribution < 1.29 is 9.59 Å². The van der Waals surface area contributed by atoms with Crippen LogP contribution in [-0.2, 0) is 9.59 Å². The number of rotatable bonds is 2. The summed E-state index contributed by atoms with van der Waals surface area (Å²) in [4.78, 5) is 18.1. The Morgan fingerprint density at radius 1 is 1.20 bits per heavy atom. The van der Waals surface area contributed by atoms with Crippen LogP contribution in [0.25, 0.3) is 0 Å². The Hall–Kier alpha value is -0.860. The van der Waals surface area contributed by atoms with Crippen LogP contribution in [0, 0.1) is 0 Å². The van der Waals surface area contributed by atoms with Gasteiger partial charge in [0, 0.05) is 0 Å². The predicted molar refractivity (Wildman–Crippen MR) is 15.3 cm³/mol. The van der Waals surface area contributed by atoms with E-state index in [0.29, 0.717) is 12.8 Å². The van der Waals surface area contributed by atoms with Crippen molar-refractivity contribution in [2.24, 2.45) is 0 Å². The fourth-order valence-corrected chi connectivity index (χ4v) is 0.0278. The fourth-order valence-electron chi connectivity index (χ4n) is 0.0278. The molecule has 0 aromatic heterocycles. The summed E-state index contributed by atoms with van der Waals surface area (Å²) in [6.45, 7) is 0. The van der Waals surface area contributed by atoms with Gasteiger partial charge in [-0.1, -0.05) is 0 Å². The van der Waals surface area contributed by atoms with E-state index in [1.165, 1.54) is 0 Å². The molecule has 0 radical (unpaired) electrons. The highest BCUT2D eigenvalue weighted by Crippen LogP contribution is 1.17. The Morgan fingerprint density at radius 3 is 1.60 bits per heavy atom. The van der Waals surface area contributed by atoms with Gasteiger partial charge in [-0.3, -0.25) is 9.59 Å². The van der Waals surface area contributed by atoms with Crippen molar-refractivity contribution >= 4 is 12.8 Å². The van der Waals surface area contributed by atoms with Crippen molar-refractivity contribution in [1.29, 1.82) is 0 Å². The molecule has 0 fully saturated rings. The maximum Gasteiger partial charge on any atom is 0.213 e. The maximum absolute atomic E-state index is 9.06. The molecule has 0 aromatic rings. The van der Waals surface area contributed by atoms with Crippen molar-refractivity contribution in [2.75, 3.05) is 0 Å². The number of nitrogens with one attached hydrogen (secondary N) is 1. The SMILES string of the molecule is O=CNC=O. The topological polar surface area (TPSA) is 46.2 Å². The van der Waals surface area contributed by atoms with E-state index < -0.39 is 0 Å². The molecule has 2 amide bonds. The van der Waals surface area contributed by atoms with E-state index in [1.807, 2.05) is 0 Å². The number of hydrogen-bond acceptors (Lipinski definition) is 2. The Labute approximate surface area is 29.0 Å². The molecule has 3 nitrogen and oxygen atoms in total. The first-order chi connectivity index (χ1) is 2.41. The maximum atomic E-state index is 9.06. The highest BCUT2D eigenvalue weighted by Gasteiger charge is 1.56. The van der Waals surface area contributed by atoms with E-state index in [-0.39, 0.29) is 0 Å². The number of amides is 2. The second kappa shape index (κ2) is 3.14. The molecule has 0 rings (SSSR count). The molecule has 0 saturated carbocycles. The monoisotopic (exact) mass is 73.0 g/mol. The molecule has 0 bridgehead atoms. The third-order valence-corrected chi connectivity index (χ3v) is 0.136. The summed E-state index contributed by atoms with van der Waals surface area (Å²) in [5, 5.41) is 1.75. The lowest BCUT2D eigenvalue weighted by Gasteiger charge is -1.64. The molecule has 1 N–H and O–H groups in total. The van der Waals surface area contributed by atoms with Gasteiger partial charge in [-0.05, 0) is 0 Å². The van der Waals surface area contributed by atoms with Crippen molar-refractivity contribution in [3.63, 3.8) is 0 Å². The second-order valence-electron chi connectivity index (χ2n) is 0.402. The van der Waals surface area contributed by atoms with Crippen LogP contribution in [0.1, 0.15) is 0 Å². The number of hydrogen-bond donors (Lipinski definition) is 1. The van der Waals surface area contributed by atoms with Crippen LogP contribution >= 0.6 is 0 Å². The largest absolute Gasteiger partial charge is 0.302 e. The summed E-state index contributed by atoms with van der Waals surface area (Å²) in [5.41, 5.74) is 0. The molecule has 0 heterocycles. The average Bonchev–Trinajstić information content (AvgIpc) is 1.41. The quantitative estimate of drug-likeness (QED) is 0.421. The highest BCUT2D eigenvalue weighted by atomic mass is 16.2. The second-order valence-corrected chi connectivity index (χ2v) is 0.402. The lowest BCUT2D eigenvalue weighted by Crippen LogP contribution is -2.04. The van der Waals surface area contributed by atoms with Crippen LogP contribution in [0.15, 0.2) is 0 Å². The molecule has 0 aliphatic rings. The summed E-state index contributed by atoms with van der Waals surface area (Å²) < 4.78 is 0. The van der Waals surface area contributed by atoms with Gasteiger partial charge in [-0.2, -0.15) is 0 Å². The average molecular weight is 73.1 g/mol. The predicted octanol–water partition coefficient (Wildman–Crippen LogP) is -1.11. The standard InChI is InChI=1S/C2H3NO2/c4-1-3-2-5/h1-2H,(H,3,4,5). The Balaban J connectivity index is 2.65. The minimum absolute atomic E-state index is 0.312. The number of carbonyl (C=O) groups excluding carboxylic acids is 2. The van der Waals surface area contributed by atoms with E-state index in [0.717, 1.165) is 0 Å². The molecule has 5 heavy (non-hydrogen) atoms. The summed E-state index contributed by atoms with van der Waals surface area (Å²) in [6, 6.07) is 0. The van der Waals surface area contributed by atoms with Crippen LogP contribution in [-0.4, -0.2) is 12.8 Å². The van der Waals surface area contributed by atoms with Gasteiger partial charge in [0.25, 0.3) is 0 Å². The third-order valence-electron chi connectivity index (χ3n) is 0.136. The molecule has 0 spiro atoms. The van der Waals surface area contributed by atoms with Gasteiger partial charge in [-0.15, -0.1) is 0 Å². The molecule has 0 aliphatic carbocycles. The normalized spacial score (nSPS) is 5.60. The first-order valence-corrected chi connectivity index (χ1v) is 1.05. The van der Waals surface area contributed by atoms with Crippen molar-refractivity contribution in [1.82, 2.24) is 5.32 Å². The van der Waals surface area contributed by atoms with E-state index in [2.05, 4.69) is 0 Å². The summed E-state index contributed by atoms with van der Waals surface area (Å²) >= 11 is 0. The van der Waals surface area contributed by atoms with E-state index in [1.54, 1.807) is 5.32 Å². The van der Waals surface area contributed by atoms with Gasteiger partial charge in [0.05, 0.1) is 0 Å². The molecule has 0 saturated heterocycles. The molecule has 0 atom stereocenters. The van der Waals surface area contributed by atoms with Crippen LogP contribution in [0.2, 0.25) is 0 Å². The van der Waals surface area contributed by atoms with Crippen LogP contribution in [0.3, 0.4) is 0 Å². The summed E-state index contributed by atoms with van der Waals surface area (Å²) in [5.74, 6) is 0. The van der Waals surface area contributed by atoms with Crippen LogP contribution < -0.4 is 5.32 Å². The molecular weight excluding hydrogens is 70.0 g/mol. The van der Waals surface area contributed by atoms with Crippen LogP contribution in [0.4, 0.5) is 0 Å². The van der Waals surface area contributed by atoms with Crippen LogP contribution in [0.5, 0.6) is 0 Å². The van der Waals surface area contributed by atoms with Gasteiger partial charge < -0.3 is 5.32 Å². The molecule has 0 unspecified atom stereocenters. The minimum Gasteiger partial charge on any atom is -0.302 e. The molecule has 0 aliphatic heterocycles. The first kappa shape index (κ1) is 4.14. The zero-order valence-corrected chi connectivity index (χ0v) is 2.47. The zero-order chi connectivity index (χ0) is 4.12. The number of carbonyl (C=O) groups is 2. The van der Waals surface area contributed by atoms with E-state index in [9.17, 15) is 0 Å². The molecule has 3 heteroatoms. The lowest BCUT2D eigenvalue weighted by molar-refractivity contribution is -0.117. The zero-order valence-electron chi connectivity index (χ0n) is 2.47. The first-order valence-electron chi connectivity index (χ1n) is 1.05. The van der Waals surface area contributed by atoms with E-state index >= 15 is 0 Å². The van der Waals surface area contributed by atoms with Crippen molar-refractivity contribution in [3.8, 4) is 0 Å². The summed E-state index contributed by atoms with van der Waals surface area (Å²) in [7, 11) is 0. The third kappa shape index (κ3) is 3.14. The molecule has 28 valence electrons. The minimum atomic E-state index is 0.312. The Kier molecular flexibility index (Phi) is 2.60. The Bertz CT molecular complexity index is 36.9. The van der Waals surface area contributed by atoms with Crippen molar-refractivity contribution in [2.45, 2.75) is 0 Å². The van der Waals surface area contributed by atoms with Gasteiger partial charge >= 0.3 is 0 Å². The smallest absolute Gasteiger partial charge is 0.213 e. The lowest BCUT2D eigenvalue weighted by atomic mass is 11.2. The van der Waals surface area contributed by atoms with E-state index in [4.69, 9.17) is 9.59 Å². The fraction of sp³-hybridized carbons (Fsp3) is 0. The Morgan fingerprint density at radius 2 is 1.60 bits per heavy atom. The van der Waals surface area contributed by atoms with Gasteiger partial charge in [-0.25, -0.2) is 0 Å². The van der Waals surface area contributed by atoms with Gasteiger partial charge in [0.1, 0.15) is 0 Å². The molecular formula is C2H3NO2. The summed E-state index contributed by atoms with van der Waals surface area (Å²) in [6.07, 6.45) is 0.625. The van der Waals surface area contributed by atoms with Gasteiger partial charge in [0.2, 0.25) is 12.8 Å². The van der Waals surface area contributed by atoms with Crippen molar-refractivity contribution in [3.05, 3.63) is 0 Å².